The summed E-state index contributed by atoms with van der Waals surface area (Å²) in [6.07, 6.45) is 2.18. The van der Waals surface area contributed by atoms with Gasteiger partial charge in [0.25, 0.3) is 0 Å². The number of rotatable bonds is 9. The van der Waals surface area contributed by atoms with Crippen molar-refractivity contribution in [2.24, 2.45) is 0 Å². The molecule has 1 N–H and O–H groups in total. The maximum Gasteiger partial charge on any atom is 0.117 e. The second-order valence-corrected chi connectivity index (χ2v) is 6.44. The third kappa shape index (κ3) is 5.36. The fourth-order valence-corrected chi connectivity index (χ4v) is 3.08. The molecule has 136 valence electrons. The maximum atomic E-state index is 5.39. The Labute approximate surface area is 150 Å². The minimum absolute atomic E-state index is 0.761. The second kappa shape index (κ2) is 9.65. The number of nitrogens with zero attached hydrogens (tertiary/aromatic N) is 4. The fourth-order valence-electron chi connectivity index (χ4n) is 3.08. The van der Waals surface area contributed by atoms with E-state index in [2.05, 4.69) is 39.5 Å². The van der Waals surface area contributed by atoms with Gasteiger partial charge in [-0.25, -0.2) is 0 Å². The number of ether oxygens (including phenoxy) is 1. The lowest BCUT2D eigenvalue weighted by Gasteiger charge is -2.26. The standard InChI is InChI=1S/C19H29N5O/c1-2-10-24-21-18(19(22-24)17-7-4-3-5-8-17)16-20-9-6-11-23-12-14-25-15-13-23/h3-5,7-8,20H,2,6,9-16H2,1H3. The maximum absolute atomic E-state index is 5.39. The largest absolute Gasteiger partial charge is 0.379 e. The van der Waals surface area contributed by atoms with Gasteiger partial charge in [-0.2, -0.15) is 15.0 Å². The zero-order valence-corrected chi connectivity index (χ0v) is 15.2. The molecule has 0 bridgehead atoms. The molecule has 2 aromatic rings. The number of nitrogens with one attached hydrogen (secondary N) is 1. The normalized spacial score (nSPS) is 15.6. The third-order valence-electron chi connectivity index (χ3n) is 4.42. The minimum atomic E-state index is 0.761. The summed E-state index contributed by atoms with van der Waals surface area (Å²) in [6, 6.07) is 10.3. The van der Waals surface area contributed by atoms with Gasteiger partial charge >= 0.3 is 0 Å². The van der Waals surface area contributed by atoms with Crippen LogP contribution in [0.15, 0.2) is 30.3 Å². The highest BCUT2D eigenvalue weighted by atomic mass is 16.5. The lowest BCUT2D eigenvalue weighted by Crippen LogP contribution is -2.37. The Morgan fingerprint density at radius 2 is 1.88 bits per heavy atom. The molecular formula is C19H29N5O. The van der Waals surface area contributed by atoms with Crippen molar-refractivity contribution in [2.45, 2.75) is 32.9 Å². The zero-order valence-electron chi connectivity index (χ0n) is 15.2. The van der Waals surface area contributed by atoms with E-state index < -0.39 is 0 Å². The van der Waals surface area contributed by atoms with E-state index in [1.54, 1.807) is 0 Å². The van der Waals surface area contributed by atoms with Gasteiger partial charge in [0.05, 0.1) is 19.8 Å². The molecule has 1 aliphatic heterocycles. The summed E-state index contributed by atoms with van der Waals surface area (Å²) < 4.78 is 5.39. The number of aryl methyl sites for hydroxylation is 1. The van der Waals surface area contributed by atoms with Crippen molar-refractivity contribution in [3.63, 3.8) is 0 Å². The van der Waals surface area contributed by atoms with Gasteiger partial charge in [-0.15, -0.1) is 0 Å². The van der Waals surface area contributed by atoms with Gasteiger partial charge in [0.15, 0.2) is 0 Å². The van der Waals surface area contributed by atoms with Crippen molar-refractivity contribution in [3.05, 3.63) is 36.0 Å². The third-order valence-corrected chi connectivity index (χ3v) is 4.42. The molecule has 1 aromatic heterocycles. The monoisotopic (exact) mass is 343 g/mol. The van der Waals surface area contributed by atoms with Crippen molar-refractivity contribution < 1.29 is 4.74 Å². The Bertz CT molecular complexity index is 622. The molecule has 2 heterocycles. The summed E-state index contributed by atoms with van der Waals surface area (Å²) >= 11 is 0. The van der Waals surface area contributed by atoms with E-state index >= 15 is 0 Å². The number of benzene rings is 1. The van der Waals surface area contributed by atoms with Crippen LogP contribution in [0.25, 0.3) is 11.3 Å². The Hall–Kier alpha value is -1.76. The van der Waals surface area contributed by atoms with Crippen LogP contribution >= 0.6 is 0 Å². The Balaban J connectivity index is 1.52. The van der Waals surface area contributed by atoms with Crippen LogP contribution < -0.4 is 5.32 Å². The highest BCUT2D eigenvalue weighted by Crippen LogP contribution is 2.19. The van der Waals surface area contributed by atoms with Crippen LogP contribution in [0, 0.1) is 0 Å². The van der Waals surface area contributed by atoms with Gasteiger partial charge < -0.3 is 10.1 Å². The summed E-state index contributed by atoms with van der Waals surface area (Å²) in [4.78, 5) is 4.30. The summed E-state index contributed by atoms with van der Waals surface area (Å²) in [6.45, 7) is 9.75. The van der Waals surface area contributed by atoms with Gasteiger partial charge in [0, 0.05) is 25.2 Å². The van der Waals surface area contributed by atoms with Gasteiger partial charge in [0.1, 0.15) is 11.4 Å². The number of morpholine rings is 1. The van der Waals surface area contributed by atoms with E-state index in [4.69, 9.17) is 4.74 Å². The number of aromatic nitrogens is 3. The molecule has 6 nitrogen and oxygen atoms in total. The second-order valence-electron chi connectivity index (χ2n) is 6.44. The van der Waals surface area contributed by atoms with Crippen LogP contribution in [0.2, 0.25) is 0 Å². The van der Waals surface area contributed by atoms with Crippen LogP contribution in [-0.2, 0) is 17.8 Å². The molecule has 0 saturated carbocycles. The smallest absolute Gasteiger partial charge is 0.117 e. The molecule has 1 saturated heterocycles. The van der Waals surface area contributed by atoms with E-state index in [0.29, 0.717) is 0 Å². The lowest BCUT2D eigenvalue weighted by atomic mass is 10.1. The molecule has 0 atom stereocenters. The predicted molar refractivity (Wildman–Crippen MR) is 99.3 cm³/mol. The molecule has 0 amide bonds. The van der Waals surface area contributed by atoms with Gasteiger partial charge in [0.2, 0.25) is 0 Å². The van der Waals surface area contributed by atoms with Crippen molar-refractivity contribution >= 4 is 0 Å². The lowest BCUT2D eigenvalue weighted by molar-refractivity contribution is 0.0374. The van der Waals surface area contributed by atoms with E-state index in [1.165, 1.54) is 0 Å². The van der Waals surface area contributed by atoms with Crippen molar-refractivity contribution in [3.8, 4) is 11.3 Å². The topological polar surface area (TPSA) is 55.2 Å². The molecule has 1 fully saturated rings. The van der Waals surface area contributed by atoms with E-state index in [0.717, 1.165) is 82.3 Å². The quantitative estimate of drug-likeness (QED) is 0.707. The molecule has 0 aliphatic carbocycles. The predicted octanol–water partition coefficient (Wildman–Crippen LogP) is 2.17. The van der Waals surface area contributed by atoms with Crippen molar-refractivity contribution in [2.75, 3.05) is 39.4 Å². The molecule has 1 aromatic carbocycles. The molecule has 25 heavy (non-hydrogen) atoms. The summed E-state index contributed by atoms with van der Waals surface area (Å²) in [5, 5.41) is 12.9. The van der Waals surface area contributed by atoms with Crippen LogP contribution in [-0.4, -0.2) is 59.3 Å². The minimum Gasteiger partial charge on any atom is -0.379 e. The van der Waals surface area contributed by atoms with E-state index in [9.17, 15) is 0 Å². The molecule has 0 radical (unpaired) electrons. The first-order valence-corrected chi connectivity index (χ1v) is 9.37. The molecule has 6 heteroatoms. The first-order valence-electron chi connectivity index (χ1n) is 9.37. The summed E-state index contributed by atoms with van der Waals surface area (Å²) in [5.41, 5.74) is 3.16. The summed E-state index contributed by atoms with van der Waals surface area (Å²) in [5.74, 6) is 0. The molecule has 3 rings (SSSR count). The molecule has 0 spiro atoms. The Morgan fingerprint density at radius 3 is 2.64 bits per heavy atom. The van der Waals surface area contributed by atoms with Crippen LogP contribution in [0.5, 0.6) is 0 Å². The van der Waals surface area contributed by atoms with Crippen molar-refractivity contribution in [1.82, 2.24) is 25.2 Å². The fraction of sp³-hybridized carbons (Fsp3) is 0.579. The van der Waals surface area contributed by atoms with E-state index in [-0.39, 0.29) is 0 Å². The van der Waals surface area contributed by atoms with Crippen LogP contribution in [0.4, 0.5) is 0 Å². The summed E-state index contributed by atoms with van der Waals surface area (Å²) in [7, 11) is 0. The van der Waals surface area contributed by atoms with Crippen LogP contribution in [0.3, 0.4) is 0 Å². The number of hydrogen-bond donors (Lipinski definition) is 1. The number of hydrogen-bond acceptors (Lipinski definition) is 5. The van der Waals surface area contributed by atoms with Gasteiger partial charge in [-0.05, 0) is 25.9 Å². The highest BCUT2D eigenvalue weighted by molar-refractivity contribution is 5.60. The zero-order chi connectivity index (χ0) is 17.3. The highest BCUT2D eigenvalue weighted by Gasteiger charge is 2.13. The molecular weight excluding hydrogens is 314 g/mol. The first kappa shape index (κ1) is 18.0. The SMILES string of the molecule is CCCn1nc(CNCCCN2CCOCC2)c(-c2ccccc2)n1. The Morgan fingerprint density at radius 1 is 1.08 bits per heavy atom. The molecule has 1 aliphatic rings. The van der Waals surface area contributed by atoms with Crippen molar-refractivity contribution in [1.29, 1.82) is 0 Å². The molecule has 0 unspecified atom stereocenters. The van der Waals surface area contributed by atoms with Crippen LogP contribution in [0.1, 0.15) is 25.5 Å². The first-order chi connectivity index (χ1) is 12.4. The van der Waals surface area contributed by atoms with Gasteiger partial charge in [-0.3, -0.25) is 4.90 Å². The Kier molecular flexibility index (Phi) is 6.97. The van der Waals surface area contributed by atoms with E-state index in [1.807, 2.05) is 23.0 Å². The average Bonchev–Trinajstić information content (AvgIpc) is 3.06. The average molecular weight is 343 g/mol. The van der Waals surface area contributed by atoms with Gasteiger partial charge in [-0.1, -0.05) is 37.3 Å².